The summed E-state index contributed by atoms with van der Waals surface area (Å²) in [7, 11) is -3.85. The molecule has 0 radical (unpaired) electrons. The van der Waals surface area contributed by atoms with Crippen LogP contribution in [0.15, 0.2) is 5.16 Å². The highest BCUT2D eigenvalue weighted by molar-refractivity contribution is 7.89. The van der Waals surface area contributed by atoms with Gasteiger partial charge < -0.3 is 0 Å². The summed E-state index contributed by atoms with van der Waals surface area (Å²) in [4.78, 5) is 4.35. The smallest absolute Gasteiger partial charge is 0.248 e. The summed E-state index contributed by atoms with van der Waals surface area (Å²) in [6.07, 6.45) is 0. The van der Waals surface area contributed by atoms with Crippen LogP contribution in [0.5, 0.6) is 0 Å². The monoisotopic (exact) mass is 246 g/mol. The third-order valence-electron chi connectivity index (χ3n) is 1.59. The van der Waals surface area contributed by atoms with Crippen molar-refractivity contribution in [2.24, 2.45) is 5.14 Å². The van der Waals surface area contributed by atoms with Gasteiger partial charge in [0, 0.05) is 0 Å². The van der Waals surface area contributed by atoms with E-state index in [0.717, 1.165) is 11.5 Å². The van der Waals surface area contributed by atoms with Gasteiger partial charge in [0.25, 0.3) is 15.2 Å². The molecule has 3 N–H and O–H groups in total. The summed E-state index contributed by atoms with van der Waals surface area (Å²) in [6.45, 7) is 1.73. The standard InChI is InChI=1S/C5H6N6O2S2/c1-2-3(14-11-8-2)4-7-5(10-9-4)15(6,12)13/h1H3,(H2,6,12,13)(H,7,9,10). The first kappa shape index (κ1) is 10.1. The molecule has 15 heavy (non-hydrogen) atoms. The van der Waals surface area contributed by atoms with E-state index >= 15 is 0 Å². The van der Waals surface area contributed by atoms with Crippen LogP contribution in [-0.2, 0) is 10.0 Å². The van der Waals surface area contributed by atoms with Gasteiger partial charge in [-0.25, -0.2) is 18.7 Å². The van der Waals surface area contributed by atoms with Gasteiger partial charge in [-0.3, -0.25) is 0 Å². The molecule has 0 aliphatic carbocycles. The average molecular weight is 246 g/mol. The summed E-state index contributed by atoms with van der Waals surface area (Å²) >= 11 is 1.08. The molecule has 0 bridgehead atoms. The Kier molecular flexibility index (Phi) is 2.25. The molecule has 0 saturated heterocycles. The topological polar surface area (TPSA) is 128 Å². The third-order valence-corrected chi connectivity index (χ3v) is 3.13. The number of rotatable bonds is 2. The number of nitrogens with one attached hydrogen (secondary N) is 1. The zero-order chi connectivity index (χ0) is 11.1. The molecule has 0 atom stereocenters. The van der Waals surface area contributed by atoms with Crippen molar-refractivity contribution in [3.8, 4) is 10.7 Å². The lowest BCUT2D eigenvalue weighted by Crippen LogP contribution is -2.13. The zero-order valence-electron chi connectivity index (χ0n) is 7.50. The van der Waals surface area contributed by atoms with Crippen molar-refractivity contribution < 1.29 is 8.42 Å². The molecule has 2 heterocycles. The SMILES string of the molecule is Cc1nnsc1-c1n[nH]c(S(N)(=O)=O)n1. The molecule has 80 valence electrons. The Hall–Kier alpha value is -1.39. The van der Waals surface area contributed by atoms with Crippen molar-refractivity contribution in [2.75, 3.05) is 0 Å². The highest BCUT2D eigenvalue weighted by Gasteiger charge is 2.17. The fourth-order valence-electron chi connectivity index (χ4n) is 0.912. The molecule has 0 aliphatic rings. The molecule has 2 aromatic rings. The molecule has 0 amide bonds. The number of aromatic amines is 1. The van der Waals surface area contributed by atoms with Gasteiger partial charge in [0.2, 0.25) is 0 Å². The Labute approximate surface area is 88.8 Å². The van der Waals surface area contributed by atoms with Gasteiger partial charge in [0.05, 0.1) is 5.69 Å². The number of aryl methyl sites for hydroxylation is 1. The van der Waals surface area contributed by atoms with E-state index in [1.165, 1.54) is 0 Å². The van der Waals surface area contributed by atoms with Gasteiger partial charge in [0.1, 0.15) is 4.88 Å². The van der Waals surface area contributed by atoms with E-state index in [2.05, 4.69) is 24.8 Å². The van der Waals surface area contributed by atoms with Crippen LogP contribution in [0.4, 0.5) is 0 Å². The lowest BCUT2D eigenvalue weighted by Gasteiger charge is -1.87. The first-order chi connectivity index (χ1) is 6.98. The van der Waals surface area contributed by atoms with Crippen LogP contribution in [0.2, 0.25) is 0 Å². The zero-order valence-corrected chi connectivity index (χ0v) is 9.13. The van der Waals surface area contributed by atoms with Crippen LogP contribution in [0, 0.1) is 6.92 Å². The van der Waals surface area contributed by atoms with Crippen molar-refractivity contribution in [1.29, 1.82) is 0 Å². The Bertz CT molecular complexity index is 584. The van der Waals surface area contributed by atoms with Gasteiger partial charge in [0.15, 0.2) is 5.82 Å². The molecule has 0 aromatic carbocycles. The Balaban J connectivity index is 2.50. The maximum Gasteiger partial charge on any atom is 0.273 e. The lowest BCUT2D eigenvalue weighted by molar-refractivity contribution is 0.589. The minimum atomic E-state index is -3.85. The molecule has 2 aromatic heterocycles. The number of aromatic nitrogens is 5. The number of hydrogen-bond acceptors (Lipinski definition) is 7. The van der Waals surface area contributed by atoms with Crippen LogP contribution >= 0.6 is 11.5 Å². The van der Waals surface area contributed by atoms with E-state index in [9.17, 15) is 8.42 Å². The van der Waals surface area contributed by atoms with Crippen molar-refractivity contribution in [3.05, 3.63) is 5.69 Å². The van der Waals surface area contributed by atoms with Crippen LogP contribution < -0.4 is 5.14 Å². The molecular weight excluding hydrogens is 240 g/mol. The van der Waals surface area contributed by atoms with Crippen molar-refractivity contribution in [3.63, 3.8) is 0 Å². The number of nitrogens with two attached hydrogens (primary N) is 1. The minimum absolute atomic E-state index is 0.228. The number of sulfonamides is 1. The maximum atomic E-state index is 10.9. The Morgan fingerprint density at radius 1 is 1.47 bits per heavy atom. The van der Waals surface area contributed by atoms with Gasteiger partial charge >= 0.3 is 0 Å². The number of hydrogen-bond donors (Lipinski definition) is 2. The van der Waals surface area contributed by atoms with E-state index in [4.69, 9.17) is 5.14 Å². The third kappa shape index (κ3) is 1.86. The van der Waals surface area contributed by atoms with Crippen molar-refractivity contribution in [1.82, 2.24) is 24.8 Å². The molecule has 0 unspecified atom stereocenters. The molecule has 0 fully saturated rings. The van der Waals surface area contributed by atoms with Gasteiger partial charge in [-0.1, -0.05) is 4.49 Å². The number of nitrogens with zero attached hydrogens (tertiary/aromatic N) is 4. The maximum absolute atomic E-state index is 10.9. The summed E-state index contributed by atoms with van der Waals surface area (Å²) < 4.78 is 25.5. The molecule has 0 spiro atoms. The molecular formula is C5H6N6O2S2. The van der Waals surface area contributed by atoms with Gasteiger partial charge in [-0.15, -0.1) is 5.10 Å². The second-order valence-corrected chi connectivity index (χ2v) is 4.93. The van der Waals surface area contributed by atoms with Crippen LogP contribution in [0.3, 0.4) is 0 Å². The molecule has 8 nitrogen and oxygen atoms in total. The Morgan fingerprint density at radius 2 is 2.20 bits per heavy atom. The predicted octanol–water partition coefficient (Wildman–Crippen LogP) is -0.721. The summed E-state index contributed by atoms with van der Waals surface area (Å²) in [5, 5.41) is 14.2. The molecule has 10 heteroatoms. The van der Waals surface area contributed by atoms with Gasteiger partial charge in [-0.05, 0) is 18.5 Å². The Morgan fingerprint density at radius 3 is 2.67 bits per heavy atom. The predicted molar refractivity (Wildman–Crippen MR) is 51.4 cm³/mol. The van der Waals surface area contributed by atoms with E-state index in [1.54, 1.807) is 6.92 Å². The van der Waals surface area contributed by atoms with Crippen LogP contribution in [-0.4, -0.2) is 33.2 Å². The molecule has 0 aliphatic heterocycles. The second-order valence-electron chi connectivity index (χ2n) is 2.70. The molecule has 0 saturated carbocycles. The fourth-order valence-corrected chi connectivity index (χ4v) is 1.89. The summed E-state index contributed by atoms with van der Waals surface area (Å²) in [5.41, 5.74) is 0.639. The van der Waals surface area contributed by atoms with Crippen molar-refractivity contribution in [2.45, 2.75) is 12.1 Å². The number of H-pyrrole nitrogens is 1. The second kappa shape index (κ2) is 3.32. The van der Waals surface area contributed by atoms with Gasteiger partial charge in [-0.2, -0.15) is 10.1 Å². The van der Waals surface area contributed by atoms with E-state index in [0.29, 0.717) is 10.6 Å². The quantitative estimate of drug-likeness (QED) is 0.719. The average Bonchev–Trinajstić information content (AvgIpc) is 2.69. The normalized spacial score (nSPS) is 11.9. The fraction of sp³-hybridized carbons (Fsp3) is 0.200. The summed E-state index contributed by atoms with van der Waals surface area (Å²) in [5.74, 6) is 0.228. The lowest BCUT2D eigenvalue weighted by atomic mass is 10.4. The molecule has 2 rings (SSSR count). The highest BCUT2D eigenvalue weighted by atomic mass is 32.2. The summed E-state index contributed by atoms with van der Waals surface area (Å²) in [6, 6.07) is 0. The first-order valence-electron chi connectivity index (χ1n) is 3.73. The van der Waals surface area contributed by atoms with Crippen LogP contribution in [0.1, 0.15) is 5.69 Å². The number of primary sulfonamides is 1. The first-order valence-corrected chi connectivity index (χ1v) is 6.05. The van der Waals surface area contributed by atoms with Crippen LogP contribution in [0.25, 0.3) is 10.7 Å². The highest BCUT2D eigenvalue weighted by Crippen LogP contribution is 2.21. The van der Waals surface area contributed by atoms with E-state index in [1.807, 2.05) is 0 Å². The van der Waals surface area contributed by atoms with E-state index in [-0.39, 0.29) is 11.0 Å². The van der Waals surface area contributed by atoms with E-state index < -0.39 is 10.0 Å². The largest absolute Gasteiger partial charge is 0.273 e. The minimum Gasteiger partial charge on any atom is -0.248 e. The van der Waals surface area contributed by atoms with Crippen molar-refractivity contribution >= 4 is 21.6 Å².